The van der Waals surface area contributed by atoms with Crippen LogP contribution in [-0.2, 0) is 5.75 Å². The van der Waals surface area contributed by atoms with Gasteiger partial charge in [0.1, 0.15) is 0 Å². The highest BCUT2D eigenvalue weighted by Gasteiger charge is 2.00. The summed E-state index contributed by atoms with van der Waals surface area (Å²) in [6.07, 6.45) is 0. The van der Waals surface area contributed by atoms with Gasteiger partial charge >= 0.3 is 0 Å². The molecule has 2 rings (SSSR count). The first-order chi connectivity index (χ1) is 8.15. The van der Waals surface area contributed by atoms with Crippen molar-refractivity contribution in [2.45, 2.75) is 24.5 Å². The summed E-state index contributed by atoms with van der Waals surface area (Å²) in [7, 11) is 0. The molecule has 0 aromatic heterocycles. The number of anilines is 1. The van der Waals surface area contributed by atoms with Crippen LogP contribution in [0.5, 0.6) is 0 Å². The molecule has 0 radical (unpaired) electrons. The molecule has 88 valence electrons. The molecule has 0 aliphatic heterocycles. The largest absolute Gasteiger partial charge is 0.399 e. The molecule has 0 aliphatic carbocycles. The zero-order valence-corrected chi connectivity index (χ0v) is 11.1. The third kappa shape index (κ3) is 3.27. The SMILES string of the molecule is Cc1ccc(C)c(CSc2cccc(N)c2)c1. The molecule has 0 aliphatic rings. The maximum atomic E-state index is 5.77. The molecule has 0 unspecified atom stereocenters. The van der Waals surface area contributed by atoms with Gasteiger partial charge in [0.25, 0.3) is 0 Å². The van der Waals surface area contributed by atoms with E-state index in [1.165, 1.54) is 21.6 Å². The Morgan fingerprint density at radius 1 is 1.06 bits per heavy atom. The van der Waals surface area contributed by atoms with E-state index in [4.69, 9.17) is 5.73 Å². The monoisotopic (exact) mass is 243 g/mol. The fourth-order valence-electron chi connectivity index (χ4n) is 1.72. The number of thioether (sulfide) groups is 1. The average Bonchev–Trinajstić information content (AvgIpc) is 2.30. The lowest BCUT2D eigenvalue weighted by molar-refractivity contribution is 1.27. The van der Waals surface area contributed by atoms with Crippen LogP contribution in [0.4, 0.5) is 5.69 Å². The van der Waals surface area contributed by atoms with E-state index >= 15 is 0 Å². The van der Waals surface area contributed by atoms with E-state index in [1.807, 2.05) is 30.0 Å². The minimum absolute atomic E-state index is 0.830. The lowest BCUT2D eigenvalue weighted by atomic mass is 10.1. The first-order valence-electron chi connectivity index (χ1n) is 5.69. The minimum Gasteiger partial charge on any atom is -0.399 e. The number of hydrogen-bond donors (Lipinski definition) is 1. The summed E-state index contributed by atoms with van der Waals surface area (Å²) in [6, 6.07) is 14.6. The fourth-order valence-corrected chi connectivity index (χ4v) is 2.75. The van der Waals surface area contributed by atoms with E-state index in [0.29, 0.717) is 0 Å². The molecule has 0 spiro atoms. The second-order valence-electron chi connectivity index (χ2n) is 4.29. The van der Waals surface area contributed by atoms with Crippen molar-refractivity contribution in [3.63, 3.8) is 0 Å². The van der Waals surface area contributed by atoms with Crippen molar-refractivity contribution in [2.75, 3.05) is 5.73 Å². The van der Waals surface area contributed by atoms with Gasteiger partial charge in [0.15, 0.2) is 0 Å². The topological polar surface area (TPSA) is 26.0 Å². The Labute approximate surface area is 107 Å². The van der Waals surface area contributed by atoms with Crippen molar-refractivity contribution in [1.82, 2.24) is 0 Å². The molecule has 2 N–H and O–H groups in total. The molecule has 2 aromatic carbocycles. The van der Waals surface area contributed by atoms with Gasteiger partial charge in [-0.2, -0.15) is 0 Å². The molecular formula is C15H17NS. The van der Waals surface area contributed by atoms with Crippen LogP contribution in [0.1, 0.15) is 16.7 Å². The molecule has 0 saturated heterocycles. The molecule has 0 fully saturated rings. The number of nitrogen functional groups attached to an aromatic ring is 1. The highest BCUT2D eigenvalue weighted by Crippen LogP contribution is 2.26. The standard InChI is InChI=1S/C15H17NS/c1-11-6-7-12(2)13(8-11)10-17-15-5-3-4-14(16)9-15/h3-9H,10,16H2,1-2H3. The van der Waals surface area contributed by atoms with Crippen molar-refractivity contribution < 1.29 is 0 Å². The first kappa shape index (κ1) is 12.1. The van der Waals surface area contributed by atoms with E-state index in [0.717, 1.165) is 11.4 Å². The number of hydrogen-bond acceptors (Lipinski definition) is 2. The predicted octanol–water partition coefficient (Wildman–Crippen LogP) is 4.18. The van der Waals surface area contributed by atoms with E-state index in [1.54, 1.807) is 0 Å². The van der Waals surface area contributed by atoms with Crippen LogP contribution in [-0.4, -0.2) is 0 Å². The van der Waals surface area contributed by atoms with Crippen LogP contribution in [0.3, 0.4) is 0 Å². The van der Waals surface area contributed by atoms with Crippen molar-refractivity contribution in [3.05, 3.63) is 59.2 Å². The summed E-state index contributed by atoms with van der Waals surface area (Å²) >= 11 is 1.83. The number of nitrogens with two attached hydrogens (primary N) is 1. The maximum absolute atomic E-state index is 5.77. The summed E-state index contributed by atoms with van der Waals surface area (Å²) in [4.78, 5) is 1.23. The van der Waals surface area contributed by atoms with Crippen LogP contribution < -0.4 is 5.73 Å². The zero-order chi connectivity index (χ0) is 12.3. The maximum Gasteiger partial charge on any atom is 0.0325 e. The highest BCUT2D eigenvalue weighted by atomic mass is 32.2. The van der Waals surface area contributed by atoms with Crippen LogP contribution in [0.25, 0.3) is 0 Å². The average molecular weight is 243 g/mol. The summed E-state index contributed by atoms with van der Waals surface area (Å²) in [6.45, 7) is 4.29. The summed E-state index contributed by atoms with van der Waals surface area (Å²) in [5, 5.41) is 0. The van der Waals surface area contributed by atoms with E-state index in [-0.39, 0.29) is 0 Å². The summed E-state index contributed by atoms with van der Waals surface area (Å²) < 4.78 is 0. The smallest absolute Gasteiger partial charge is 0.0325 e. The van der Waals surface area contributed by atoms with Crippen molar-refractivity contribution >= 4 is 17.4 Å². The zero-order valence-electron chi connectivity index (χ0n) is 10.2. The first-order valence-corrected chi connectivity index (χ1v) is 6.68. The third-order valence-electron chi connectivity index (χ3n) is 2.76. The molecular weight excluding hydrogens is 226 g/mol. The van der Waals surface area contributed by atoms with Gasteiger partial charge in [-0.1, -0.05) is 29.8 Å². The molecule has 0 saturated carbocycles. The van der Waals surface area contributed by atoms with Gasteiger partial charge in [-0.3, -0.25) is 0 Å². The fraction of sp³-hybridized carbons (Fsp3) is 0.200. The molecule has 17 heavy (non-hydrogen) atoms. The molecule has 2 heteroatoms. The van der Waals surface area contributed by atoms with Crippen LogP contribution >= 0.6 is 11.8 Å². The Balaban J connectivity index is 2.09. The van der Waals surface area contributed by atoms with Gasteiger partial charge in [-0.05, 0) is 43.2 Å². The molecule has 0 heterocycles. The van der Waals surface area contributed by atoms with E-state index < -0.39 is 0 Å². The molecule has 0 atom stereocenters. The van der Waals surface area contributed by atoms with Gasteiger partial charge in [-0.15, -0.1) is 11.8 Å². The second kappa shape index (κ2) is 5.28. The lowest BCUT2D eigenvalue weighted by Crippen LogP contribution is -1.88. The van der Waals surface area contributed by atoms with Crippen LogP contribution in [0.2, 0.25) is 0 Å². The number of aryl methyl sites for hydroxylation is 2. The number of benzene rings is 2. The highest BCUT2D eigenvalue weighted by molar-refractivity contribution is 7.98. The molecule has 0 amide bonds. The second-order valence-corrected chi connectivity index (χ2v) is 5.34. The Kier molecular flexibility index (Phi) is 3.75. The molecule has 0 bridgehead atoms. The van der Waals surface area contributed by atoms with Gasteiger partial charge < -0.3 is 5.73 Å². The summed E-state index contributed by atoms with van der Waals surface area (Å²) in [5.74, 6) is 0.997. The van der Waals surface area contributed by atoms with E-state index in [9.17, 15) is 0 Å². The predicted molar refractivity (Wildman–Crippen MR) is 76.3 cm³/mol. The quantitative estimate of drug-likeness (QED) is 0.646. The van der Waals surface area contributed by atoms with Gasteiger partial charge in [0.05, 0.1) is 0 Å². The lowest BCUT2D eigenvalue weighted by Gasteiger charge is -2.07. The van der Waals surface area contributed by atoms with Crippen LogP contribution in [0, 0.1) is 13.8 Å². The van der Waals surface area contributed by atoms with Crippen molar-refractivity contribution in [1.29, 1.82) is 0 Å². The Morgan fingerprint density at radius 2 is 1.88 bits per heavy atom. The Bertz CT molecular complexity index is 520. The van der Waals surface area contributed by atoms with Crippen LogP contribution in [0.15, 0.2) is 47.4 Å². The molecule has 2 aromatic rings. The Hall–Kier alpha value is -1.41. The van der Waals surface area contributed by atoms with Crippen molar-refractivity contribution in [2.24, 2.45) is 0 Å². The van der Waals surface area contributed by atoms with Crippen molar-refractivity contribution in [3.8, 4) is 0 Å². The Morgan fingerprint density at radius 3 is 2.65 bits per heavy atom. The van der Waals surface area contributed by atoms with E-state index in [2.05, 4.69) is 38.1 Å². The summed E-state index contributed by atoms with van der Waals surface area (Å²) in [5.41, 5.74) is 10.7. The van der Waals surface area contributed by atoms with Gasteiger partial charge in [0, 0.05) is 16.3 Å². The van der Waals surface area contributed by atoms with Gasteiger partial charge in [0.2, 0.25) is 0 Å². The number of rotatable bonds is 3. The third-order valence-corrected chi connectivity index (χ3v) is 3.80. The van der Waals surface area contributed by atoms with Gasteiger partial charge in [-0.25, -0.2) is 0 Å². The molecule has 1 nitrogen and oxygen atoms in total. The normalized spacial score (nSPS) is 10.5. The minimum atomic E-state index is 0.830.